The monoisotopic (exact) mass is 350 g/mol. The number of amides is 1. The van der Waals surface area contributed by atoms with Gasteiger partial charge in [0.15, 0.2) is 0 Å². The summed E-state index contributed by atoms with van der Waals surface area (Å²) >= 11 is 0. The van der Waals surface area contributed by atoms with E-state index in [-0.39, 0.29) is 5.69 Å². The summed E-state index contributed by atoms with van der Waals surface area (Å²) < 4.78 is 5.66. The highest BCUT2D eigenvalue weighted by Gasteiger charge is 2.09. The van der Waals surface area contributed by atoms with Gasteiger partial charge in [-0.05, 0) is 36.8 Å². The largest absolute Gasteiger partial charge is 0.493 e. The van der Waals surface area contributed by atoms with E-state index in [0.29, 0.717) is 18.1 Å². The Bertz CT molecular complexity index is 1040. The molecule has 1 aromatic heterocycles. The quantitative estimate of drug-likeness (QED) is 0.545. The van der Waals surface area contributed by atoms with Gasteiger partial charge in [0.05, 0.1) is 12.8 Å². The number of hydrogen-bond donors (Lipinski definition) is 2. The molecule has 0 spiro atoms. The van der Waals surface area contributed by atoms with E-state index in [4.69, 9.17) is 4.74 Å². The van der Waals surface area contributed by atoms with E-state index in [9.17, 15) is 9.59 Å². The number of hydrazone groups is 1. The number of H-pyrrole nitrogens is 1. The number of hydrogen-bond acceptors (Lipinski definition) is 5. The van der Waals surface area contributed by atoms with Crippen molar-refractivity contribution in [1.82, 2.24) is 15.4 Å². The van der Waals surface area contributed by atoms with Crippen molar-refractivity contribution in [3.8, 4) is 5.75 Å². The standard InChI is InChI=1S/C19H18N4O3/c1-3-26-17-9-8-13-6-4-5-7-14(13)15(17)11-20-23-18(24)16-10-12(2)21-19(25)22-16/h4-11H,3H2,1-2H3,(H,23,24)(H,21,22,25)/b20-11+. The lowest BCUT2D eigenvalue weighted by Gasteiger charge is -2.10. The van der Waals surface area contributed by atoms with Crippen molar-refractivity contribution in [2.24, 2.45) is 5.10 Å². The Balaban J connectivity index is 1.89. The van der Waals surface area contributed by atoms with Crippen LogP contribution < -0.4 is 15.9 Å². The minimum absolute atomic E-state index is 0.00588. The van der Waals surface area contributed by atoms with Crippen LogP contribution in [0, 0.1) is 6.92 Å². The van der Waals surface area contributed by atoms with Crippen LogP contribution in [0.25, 0.3) is 10.8 Å². The molecule has 0 aliphatic heterocycles. The topological polar surface area (TPSA) is 96.4 Å². The van der Waals surface area contributed by atoms with Crippen LogP contribution in [0.3, 0.4) is 0 Å². The minimum atomic E-state index is -0.577. The molecule has 3 aromatic rings. The predicted octanol–water partition coefficient (Wildman–Crippen LogP) is 2.39. The van der Waals surface area contributed by atoms with Gasteiger partial charge >= 0.3 is 5.69 Å². The lowest BCUT2D eigenvalue weighted by Crippen LogP contribution is -2.24. The van der Waals surface area contributed by atoms with E-state index < -0.39 is 11.6 Å². The van der Waals surface area contributed by atoms with Gasteiger partial charge in [0.2, 0.25) is 0 Å². The molecule has 0 unspecified atom stereocenters. The molecule has 0 fully saturated rings. The summed E-state index contributed by atoms with van der Waals surface area (Å²) in [5, 5.41) is 6.01. The number of fused-ring (bicyclic) bond motifs is 1. The Morgan fingerprint density at radius 2 is 2.12 bits per heavy atom. The first-order valence-electron chi connectivity index (χ1n) is 8.14. The van der Waals surface area contributed by atoms with Crippen LogP contribution in [-0.4, -0.2) is 28.7 Å². The second-order valence-electron chi connectivity index (χ2n) is 5.59. The summed E-state index contributed by atoms with van der Waals surface area (Å²) in [5.74, 6) is 0.114. The van der Waals surface area contributed by atoms with E-state index in [1.54, 1.807) is 6.92 Å². The van der Waals surface area contributed by atoms with Gasteiger partial charge in [-0.2, -0.15) is 10.1 Å². The third kappa shape index (κ3) is 3.77. The summed E-state index contributed by atoms with van der Waals surface area (Å²) in [4.78, 5) is 29.6. The molecular formula is C19H18N4O3. The Labute approximate surface area is 149 Å². The fraction of sp³-hybridized carbons (Fsp3) is 0.158. The first kappa shape index (κ1) is 17.3. The smallest absolute Gasteiger partial charge is 0.345 e. The van der Waals surface area contributed by atoms with Gasteiger partial charge in [-0.1, -0.05) is 30.3 Å². The summed E-state index contributed by atoms with van der Waals surface area (Å²) in [6, 6.07) is 13.2. The van der Waals surface area contributed by atoms with Gasteiger partial charge in [-0.25, -0.2) is 10.2 Å². The van der Waals surface area contributed by atoms with Crippen LogP contribution in [-0.2, 0) is 0 Å². The molecule has 2 N–H and O–H groups in total. The average Bonchev–Trinajstić information content (AvgIpc) is 2.62. The number of carbonyl (C=O) groups is 1. The van der Waals surface area contributed by atoms with Crippen LogP contribution in [0.4, 0.5) is 0 Å². The summed E-state index contributed by atoms with van der Waals surface area (Å²) in [5.41, 5.74) is 3.14. The maximum absolute atomic E-state index is 12.1. The molecule has 1 amide bonds. The molecule has 0 saturated carbocycles. The third-order valence-electron chi connectivity index (χ3n) is 3.70. The second kappa shape index (κ2) is 7.60. The highest BCUT2D eigenvalue weighted by Crippen LogP contribution is 2.26. The molecule has 3 rings (SSSR count). The molecule has 0 atom stereocenters. The fourth-order valence-corrected chi connectivity index (χ4v) is 2.60. The van der Waals surface area contributed by atoms with Gasteiger partial charge < -0.3 is 9.72 Å². The molecule has 0 saturated heterocycles. The highest BCUT2D eigenvalue weighted by molar-refractivity contribution is 6.03. The average molecular weight is 350 g/mol. The number of carbonyl (C=O) groups excluding carboxylic acids is 1. The zero-order chi connectivity index (χ0) is 18.5. The number of benzene rings is 2. The first-order chi connectivity index (χ1) is 12.6. The minimum Gasteiger partial charge on any atom is -0.493 e. The van der Waals surface area contributed by atoms with E-state index in [2.05, 4.69) is 20.5 Å². The highest BCUT2D eigenvalue weighted by atomic mass is 16.5. The Morgan fingerprint density at radius 3 is 2.88 bits per heavy atom. The lowest BCUT2D eigenvalue weighted by atomic mass is 10.0. The van der Waals surface area contributed by atoms with E-state index in [0.717, 1.165) is 16.3 Å². The molecular weight excluding hydrogens is 332 g/mol. The van der Waals surface area contributed by atoms with E-state index in [1.165, 1.54) is 12.3 Å². The van der Waals surface area contributed by atoms with E-state index in [1.807, 2.05) is 43.3 Å². The Kier molecular flexibility index (Phi) is 5.07. The number of aromatic amines is 1. The molecule has 1 heterocycles. The van der Waals surface area contributed by atoms with Crippen molar-refractivity contribution in [3.05, 3.63) is 69.9 Å². The fourth-order valence-electron chi connectivity index (χ4n) is 2.60. The van der Waals surface area contributed by atoms with Crippen LogP contribution >= 0.6 is 0 Å². The molecule has 7 nitrogen and oxygen atoms in total. The van der Waals surface area contributed by atoms with Crippen LogP contribution in [0.2, 0.25) is 0 Å². The number of rotatable bonds is 5. The van der Waals surface area contributed by atoms with Crippen molar-refractivity contribution < 1.29 is 9.53 Å². The zero-order valence-electron chi connectivity index (χ0n) is 14.4. The molecule has 0 radical (unpaired) electrons. The van der Waals surface area contributed by atoms with Crippen LogP contribution in [0.1, 0.15) is 28.7 Å². The van der Waals surface area contributed by atoms with Crippen molar-refractivity contribution in [3.63, 3.8) is 0 Å². The SMILES string of the molecule is CCOc1ccc2ccccc2c1/C=N/NC(=O)c1cc(C)[nH]c(=O)n1. The number of aromatic nitrogens is 2. The van der Waals surface area contributed by atoms with Gasteiger partial charge in [-0.3, -0.25) is 4.79 Å². The van der Waals surface area contributed by atoms with Gasteiger partial charge in [-0.15, -0.1) is 0 Å². The van der Waals surface area contributed by atoms with Crippen molar-refractivity contribution in [2.75, 3.05) is 6.61 Å². The van der Waals surface area contributed by atoms with Gasteiger partial charge in [0.1, 0.15) is 11.4 Å². The molecule has 26 heavy (non-hydrogen) atoms. The van der Waals surface area contributed by atoms with Gasteiger partial charge in [0, 0.05) is 11.3 Å². The summed E-state index contributed by atoms with van der Waals surface area (Å²) in [6.07, 6.45) is 1.53. The molecule has 0 aliphatic carbocycles. The lowest BCUT2D eigenvalue weighted by molar-refractivity contribution is 0.0949. The number of aryl methyl sites for hydroxylation is 1. The summed E-state index contributed by atoms with van der Waals surface area (Å²) in [7, 11) is 0. The normalized spacial score (nSPS) is 11.0. The maximum atomic E-state index is 12.1. The van der Waals surface area contributed by atoms with E-state index >= 15 is 0 Å². The number of nitrogens with zero attached hydrogens (tertiary/aromatic N) is 2. The zero-order valence-corrected chi connectivity index (χ0v) is 14.4. The number of nitrogens with one attached hydrogen (secondary N) is 2. The predicted molar refractivity (Wildman–Crippen MR) is 99.8 cm³/mol. The first-order valence-corrected chi connectivity index (χ1v) is 8.14. The summed E-state index contributed by atoms with van der Waals surface area (Å²) in [6.45, 7) is 4.09. The molecule has 7 heteroatoms. The second-order valence-corrected chi connectivity index (χ2v) is 5.59. The van der Waals surface area contributed by atoms with Crippen molar-refractivity contribution >= 4 is 22.9 Å². The Morgan fingerprint density at radius 1 is 1.31 bits per heavy atom. The molecule has 0 aliphatic rings. The van der Waals surface area contributed by atoms with Crippen LogP contribution in [0.15, 0.2) is 52.4 Å². The Hall–Kier alpha value is -3.48. The van der Waals surface area contributed by atoms with Crippen molar-refractivity contribution in [2.45, 2.75) is 13.8 Å². The molecule has 0 bridgehead atoms. The maximum Gasteiger partial charge on any atom is 0.345 e. The number of ether oxygens (including phenoxy) is 1. The molecule has 2 aromatic carbocycles. The molecule has 132 valence electrons. The van der Waals surface area contributed by atoms with Gasteiger partial charge in [0.25, 0.3) is 5.91 Å². The third-order valence-corrected chi connectivity index (χ3v) is 3.70. The van der Waals surface area contributed by atoms with Crippen LogP contribution in [0.5, 0.6) is 5.75 Å². The van der Waals surface area contributed by atoms with Crippen molar-refractivity contribution in [1.29, 1.82) is 0 Å².